The molecule has 15 heteroatoms. The molecular formula is C36H41BrN8O5S. The maximum absolute atomic E-state index is 14.2. The molecule has 3 fully saturated rings. The predicted molar refractivity (Wildman–Crippen MR) is 196 cm³/mol. The van der Waals surface area contributed by atoms with Gasteiger partial charge in [-0.15, -0.1) is 0 Å². The molecule has 5 heterocycles. The van der Waals surface area contributed by atoms with E-state index in [0.29, 0.717) is 66.0 Å². The second kappa shape index (κ2) is 13.2. The second-order valence-corrected chi connectivity index (χ2v) is 17.7. The van der Waals surface area contributed by atoms with E-state index >= 15 is 0 Å². The average molecular weight is 778 g/mol. The molecule has 51 heavy (non-hydrogen) atoms. The number of sulfone groups is 1. The van der Waals surface area contributed by atoms with Crippen LogP contribution in [0.25, 0.3) is 22.0 Å². The third kappa shape index (κ3) is 6.95. The first-order chi connectivity index (χ1) is 24.1. The highest BCUT2D eigenvalue weighted by atomic mass is 79.9. The summed E-state index contributed by atoms with van der Waals surface area (Å²) in [7, 11) is -3.09. The van der Waals surface area contributed by atoms with E-state index in [2.05, 4.69) is 53.1 Å². The van der Waals surface area contributed by atoms with Crippen molar-refractivity contribution in [1.82, 2.24) is 34.5 Å². The molecule has 0 unspecified atom stereocenters. The number of carbonyl (C=O) groups is 3. The fourth-order valence-electron chi connectivity index (χ4n) is 7.82. The zero-order chi connectivity index (χ0) is 36.4. The Morgan fingerprint density at radius 3 is 2.41 bits per heavy atom. The molecule has 7 rings (SSSR count). The van der Waals surface area contributed by atoms with Crippen molar-refractivity contribution in [3.63, 3.8) is 0 Å². The lowest BCUT2D eigenvalue weighted by atomic mass is 10.0. The van der Waals surface area contributed by atoms with Gasteiger partial charge in [-0.25, -0.2) is 23.4 Å². The van der Waals surface area contributed by atoms with Crippen molar-refractivity contribution in [1.29, 1.82) is 0 Å². The molecule has 1 aliphatic carbocycles. The first kappa shape index (κ1) is 35.3. The van der Waals surface area contributed by atoms with Gasteiger partial charge >= 0.3 is 0 Å². The van der Waals surface area contributed by atoms with E-state index in [9.17, 15) is 22.8 Å². The number of aromatic nitrogens is 5. The lowest BCUT2D eigenvalue weighted by molar-refractivity contribution is -0.138. The zero-order valence-electron chi connectivity index (χ0n) is 29.3. The van der Waals surface area contributed by atoms with Gasteiger partial charge in [0, 0.05) is 54.7 Å². The maximum atomic E-state index is 14.2. The van der Waals surface area contributed by atoms with Gasteiger partial charge in [-0.3, -0.25) is 24.0 Å². The van der Waals surface area contributed by atoms with E-state index in [-0.39, 0.29) is 46.5 Å². The molecule has 3 aliphatic rings. The lowest BCUT2D eigenvalue weighted by Gasteiger charge is -2.31. The van der Waals surface area contributed by atoms with Crippen LogP contribution in [0.3, 0.4) is 0 Å². The van der Waals surface area contributed by atoms with Gasteiger partial charge < -0.3 is 10.2 Å². The smallest absolute Gasteiger partial charge is 0.248 e. The van der Waals surface area contributed by atoms with Crippen LogP contribution in [0.5, 0.6) is 0 Å². The fraction of sp³-hybridized carbons (Fsp3) is 0.472. The maximum Gasteiger partial charge on any atom is 0.248 e. The summed E-state index contributed by atoms with van der Waals surface area (Å²) in [5.41, 5.74) is 4.11. The molecule has 268 valence electrons. The van der Waals surface area contributed by atoms with Gasteiger partial charge in [0.2, 0.25) is 11.8 Å². The van der Waals surface area contributed by atoms with Crippen molar-refractivity contribution in [3.05, 3.63) is 63.9 Å². The van der Waals surface area contributed by atoms with Crippen LogP contribution in [0.4, 0.5) is 5.82 Å². The average Bonchev–Trinajstić information content (AvgIpc) is 3.42. The summed E-state index contributed by atoms with van der Waals surface area (Å²) in [6.45, 7) is 8.93. The van der Waals surface area contributed by atoms with Crippen molar-refractivity contribution < 1.29 is 22.8 Å². The number of anilines is 1. The molecule has 1 N–H and O–H groups in total. The molecule has 2 saturated heterocycles. The molecule has 3 atom stereocenters. The van der Waals surface area contributed by atoms with E-state index in [0.717, 1.165) is 28.7 Å². The molecule has 2 amide bonds. The van der Waals surface area contributed by atoms with Crippen molar-refractivity contribution in [2.75, 3.05) is 24.7 Å². The number of halogens is 1. The van der Waals surface area contributed by atoms with Crippen molar-refractivity contribution in [2.24, 2.45) is 5.41 Å². The van der Waals surface area contributed by atoms with Crippen molar-refractivity contribution in [3.8, 4) is 11.1 Å². The molecule has 0 bridgehead atoms. The summed E-state index contributed by atoms with van der Waals surface area (Å²) in [6, 6.07) is 6.81. The summed E-state index contributed by atoms with van der Waals surface area (Å²) in [5.74, 6) is 0.299. The van der Waals surface area contributed by atoms with Crippen LogP contribution < -0.4 is 5.32 Å². The van der Waals surface area contributed by atoms with Gasteiger partial charge in [0.25, 0.3) is 0 Å². The highest BCUT2D eigenvalue weighted by molar-refractivity contribution is 9.10. The molecular weight excluding hydrogens is 736 g/mol. The SMILES string of the molecule is CC(=O)c1nn(CC(=O)N2[C@H](C(=O)Nc3nc(Br)ccc3CN3CCC(S(C)(=O)=O)CC3)C[C@@]3(C)C[C@@H]23)c2c(C)cc(-c3cnc(C)nc3)cc12. The minimum atomic E-state index is -3.09. The molecule has 1 saturated carbocycles. The molecule has 2 aliphatic heterocycles. The van der Waals surface area contributed by atoms with Crippen LogP contribution in [0.2, 0.25) is 0 Å². The molecule has 4 aromatic rings. The van der Waals surface area contributed by atoms with Gasteiger partial charge in [-0.2, -0.15) is 5.10 Å². The van der Waals surface area contributed by atoms with Crippen LogP contribution in [0, 0.1) is 19.3 Å². The number of hydrogen-bond acceptors (Lipinski definition) is 10. The topological polar surface area (TPSA) is 160 Å². The Labute approximate surface area is 305 Å². The number of benzene rings is 1. The first-order valence-corrected chi connectivity index (χ1v) is 19.9. The number of carbonyl (C=O) groups excluding carboxylic acids is 3. The van der Waals surface area contributed by atoms with Crippen molar-refractivity contribution in [2.45, 2.75) is 83.8 Å². The van der Waals surface area contributed by atoms with Gasteiger partial charge in [0.05, 0.1) is 10.8 Å². The molecule has 13 nitrogen and oxygen atoms in total. The van der Waals surface area contributed by atoms with E-state index in [1.165, 1.54) is 13.2 Å². The molecule has 3 aromatic heterocycles. The van der Waals surface area contributed by atoms with Gasteiger partial charge in [0.15, 0.2) is 5.78 Å². The summed E-state index contributed by atoms with van der Waals surface area (Å²) >= 11 is 3.43. The highest BCUT2D eigenvalue weighted by Crippen LogP contribution is 2.59. The number of amides is 2. The van der Waals surface area contributed by atoms with Crippen LogP contribution in [0.1, 0.15) is 67.0 Å². The molecule has 1 aromatic carbocycles. The minimum Gasteiger partial charge on any atom is -0.325 e. The number of piperidine rings is 2. The number of nitrogens with one attached hydrogen (secondary N) is 1. The Kier molecular flexibility index (Phi) is 9.11. The quantitative estimate of drug-likeness (QED) is 0.190. The first-order valence-electron chi connectivity index (χ1n) is 17.1. The fourth-order valence-corrected chi connectivity index (χ4v) is 9.19. The van der Waals surface area contributed by atoms with Crippen LogP contribution in [-0.2, 0) is 32.5 Å². The number of pyridine rings is 1. The van der Waals surface area contributed by atoms with Crippen molar-refractivity contribution >= 4 is 60.1 Å². The van der Waals surface area contributed by atoms with Gasteiger partial charge in [-0.05, 0) is 103 Å². The van der Waals surface area contributed by atoms with Gasteiger partial charge in [-0.1, -0.05) is 13.0 Å². The largest absolute Gasteiger partial charge is 0.325 e. The number of nitrogens with zero attached hydrogens (tertiary/aromatic N) is 7. The Morgan fingerprint density at radius 2 is 1.75 bits per heavy atom. The van der Waals surface area contributed by atoms with Crippen LogP contribution in [0.15, 0.2) is 41.3 Å². The van der Waals surface area contributed by atoms with Crippen LogP contribution in [-0.4, -0.2) is 97.2 Å². The monoisotopic (exact) mass is 776 g/mol. The number of aryl methyl sites for hydroxylation is 2. The normalized spacial score (nSPS) is 22.3. The lowest BCUT2D eigenvalue weighted by Crippen LogP contribution is -2.47. The Bertz CT molecular complexity index is 2180. The third-order valence-corrected chi connectivity index (χ3v) is 12.8. The summed E-state index contributed by atoms with van der Waals surface area (Å²) < 4.78 is 26.3. The van der Waals surface area contributed by atoms with E-state index in [1.807, 2.05) is 38.1 Å². The minimum absolute atomic E-state index is 0.0739. The highest BCUT2D eigenvalue weighted by Gasteiger charge is 2.64. The number of fused-ring (bicyclic) bond motifs is 2. The second-order valence-electron chi connectivity index (χ2n) is 14.6. The Hall–Kier alpha value is -4.08. The third-order valence-electron chi connectivity index (χ3n) is 10.7. The molecule has 0 spiro atoms. The Morgan fingerprint density at radius 1 is 1.04 bits per heavy atom. The summed E-state index contributed by atoms with van der Waals surface area (Å²) in [4.78, 5) is 58.1. The standard InChI is InChI=1S/C36H41BrN8O5S/c1-20-12-24(25-16-38-22(3)39-17-25)13-27-32(21(2)46)42-44(33(20)27)19-31(47)45-28(14-36(4)15-29(36)45)35(48)41-34-23(6-7-30(37)40-34)18-43-10-8-26(9-11-43)51(5,49)50/h6-7,12-13,16-17,26,28-29H,8-11,14-15,18-19H2,1-5H3,(H,40,41,48)/t28-,29+,36-/m0/s1. The Balaban J connectivity index is 1.12. The number of rotatable bonds is 9. The summed E-state index contributed by atoms with van der Waals surface area (Å²) in [6.07, 6.45) is 7.23. The summed E-state index contributed by atoms with van der Waals surface area (Å²) in [5, 5.41) is 7.98. The number of likely N-dealkylation sites (tertiary alicyclic amines) is 2. The number of Topliss-reactive ketones (excluding diaryl/α,β-unsaturated/α-hetero) is 1. The predicted octanol–water partition coefficient (Wildman–Crippen LogP) is 4.50. The van der Waals surface area contributed by atoms with E-state index < -0.39 is 15.9 Å². The van der Waals surface area contributed by atoms with Crippen LogP contribution >= 0.6 is 15.9 Å². The number of hydrogen-bond donors (Lipinski definition) is 1. The van der Waals surface area contributed by atoms with E-state index in [4.69, 9.17) is 0 Å². The van der Waals surface area contributed by atoms with E-state index in [1.54, 1.807) is 22.0 Å². The van der Waals surface area contributed by atoms with Gasteiger partial charge in [0.1, 0.15) is 44.4 Å². The zero-order valence-corrected chi connectivity index (χ0v) is 31.7. The molecule has 0 radical (unpaired) electrons. The number of ketones is 1.